The van der Waals surface area contributed by atoms with E-state index in [0.717, 1.165) is 29.9 Å². The first-order valence-corrected chi connectivity index (χ1v) is 13.3. The highest BCUT2D eigenvalue weighted by Gasteiger charge is 2.31. The average Bonchev–Trinajstić information content (AvgIpc) is 2.94. The van der Waals surface area contributed by atoms with Gasteiger partial charge in [0.2, 0.25) is 5.95 Å². The van der Waals surface area contributed by atoms with Crippen LogP contribution in [-0.4, -0.2) is 44.4 Å². The number of aromatic nitrogens is 4. The van der Waals surface area contributed by atoms with E-state index in [1.807, 2.05) is 38.4 Å². The number of aryl methyl sites for hydroxylation is 2. The Bertz CT molecular complexity index is 1900. The molecule has 0 saturated heterocycles. The van der Waals surface area contributed by atoms with Gasteiger partial charge in [0.1, 0.15) is 0 Å². The number of nitrogens with one attached hydrogen (secondary N) is 2. The maximum atomic E-state index is 13.3. The molecule has 1 amide bonds. The Balaban J connectivity index is 1.44. The molecule has 2 aromatic heterocycles. The minimum absolute atomic E-state index is 0.149. The molecule has 2 heterocycles. The SMILES string of the molecule is Cc1ccc(NC(=O)c2cccc(C(F)(F)F)c2)cc1-n1c(C)c2cnc(Nc3cccc(CN(C)C)c3)nc2nc1=O. The van der Waals surface area contributed by atoms with Crippen molar-refractivity contribution < 1.29 is 18.0 Å². The Kier molecular flexibility index (Phi) is 7.96. The molecule has 0 atom stereocenters. The molecule has 5 rings (SSSR count). The second-order valence-corrected chi connectivity index (χ2v) is 10.3. The lowest BCUT2D eigenvalue weighted by Gasteiger charge is -2.16. The average molecular weight is 588 g/mol. The molecule has 43 heavy (non-hydrogen) atoms. The molecule has 0 fully saturated rings. The summed E-state index contributed by atoms with van der Waals surface area (Å²) in [5.74, 6) is -0.434. The minimum Gasteiger partial charge on any atom is -0.324 e. The highest BCUT2D eigenvalue weighted by Crippen LogP contribution is 2.30. The van der Waals surface area contributed by atoms with Gasteiger partial charge in [-0.05, 0) is 81.5 Å². The molecule has 0 saturated carbocycles. The Morgan fingerprint density at radius 1 is 0.953 bits per heavy atom. The van der Waals surface area contributed by atoms with Crippen molar-refractivity contribution in [3.05, 3.63) is 111 Å². The largest absolute Gasteiger partial charge is 0.416 e. The zero-order valence-corrected chi connectivity index (χ0v) is 23.8. The molecule has 0 spiro atoms. The molecule has 5 aromatic rings. The lowest BCUT2D eigenvalue weighted by molar-refractivity contribution is -0.137. The second-order valence-electron chi connectivity index (χ2n) is 10.3. The number of fused-ring (bicyclic) bond motifs is 1. The van der Waals surface area contributed by atoms with Crippen molar-refractivity contribution in [2.24, 2.45) is 0 Å². The van der Waals surface area contributed by atoms with E-state index in [0.29, 0.717) is 28.0 Å². The monoisotopic (exact) mass is 587 g/mol. The van der Waals surface area contributed by atoms with Gasteiger partial charge in [-0.1, -0.05) is 24.3 Å². The fourth-order valence-corrected chi connectivity index (χ4v) is 4.67. The summed E-state index contributed by atoms with van der Waals surface area (Å²) in [5.41, 5.74) is 2.43. The molecule has 9 nitrogen and oxygen atoms in total. The summed E-state index contributed by atoms with van der Waals surface area (Å²) >= 11 is 0. The Morgan fingerprint density at radius 3 is 2.47 bits per heavy atom. The molecule has 0 aliphatic carbocycles. The van der Waals surface area contributed by atoms with E-state index in [9.17, 15) is 22.8 Å². The molecular formula is C31H28F3N7O2. The maximum absolute atomic E-state index is 13.3. The summed E-state index contributed by atoms with van der Waals surface area (Å²) in [6, 6.07) is 16.9. The molecule has 0 aliphatic rings. The predicted molar refractivity (Wildman–Crippen MR) is 159 cm³/mol. The number of benzene rings is 3. The number of rotatable bonds is 7. The molecule has 220 valence electrons. The Labute approximate surface area is 245 Å². The van der Waals surface area contributed by atoms with Crippen LogP contribution >= 0.6 is 0 Å². The van der Waals surface area contributed by atoms with E-state index in [1.165, 1.54) is 16.7 Å². The van der Waals surface area contributed by atoms with Gasteiger partial charge in [-0.3, -0.25) is 9.36 Å². The van der Waals surface area contributed by atoms with E-state index in [-0.39, 0.29) is 17.2 Å². The molecule has 12 heteroatoms. The number of halogens is 3. The van der Waals surface area contributed by atoms with Crippen LogP contribution in [0.1, 0.15) is 32.7 Å². The number of nitrogens with zero attached hydrogens (tertiary/aromatic N) is 5. The van der Waals surface area contributed by atoms with Crippen LogP contribution in [0.4, 0.5) is 30.5 Å². The van der Waals surface area contributed by atoms with Gasteiger partial charge in [0.05, 0.1) is 16.6 Å². The van der Waals surface area contributed by atoms with E-state index in [4.69, 9.17) is 0 Å². The number of anilines is 3. The molecular weight excluding hydrogens is 559 g/mol. The van der Waals surface area contributed by atoms with Gasteiger partial charge in [0.25, 0.3) is 5.91 Å². The fraction of sp³-hybridized carbons (Fsp3) is 0.194. The first-order valence-electron chi connectivity index (χ1n) is 13.3. The van der Waals surface area contributed by atoms with Crippen LogP contribution in [-0.2, 0) is 12.7 Å². The van der Waals surface area contributed by atoms with Gasteiger partial charge < -0.3 is 15.5 Å². The molecule has 0 unspecified atom stereocenters. The first kappa shape index (κ1) is 29.4. The highest BCUT2D eigenvalue weighted by molar-refractivity contribution is 6.04. The lowest BCUT2D eigenvalue weighted by Crippen LogP contribution is -2.25. The summed E-state index contributed by atoms with van der Waals surface area (Å²) in [5, 5.41) is 6.33. The third-order valence-corrected chi connectivity index (χ3v) is 6.73. The van der Waals surface area contributed by atoms with Gasteiger partial charge in [-0.2, -0.15) is 23.1 Å². The third-order valence-electron chi connectivity index (χ3n) is 6.73. The molecule has 0 aliphatic heterocycles. The summed E-state index contributed by atoms with van der Waals surface area (Å²) in [4.78, 5) is 41.2. The van der Waals surface area contributed by atoms with Gasteiger partial charge in [-0.15, -0.1) is 0 Å². The van der Waals surface area contributed by atoms with Crippen LogP contribution in [0, 0.1) is 13.8 Å². The van der Waals surface area contributed by atoms with Crippen LogP contribution in [0.25, 0.3) is 16.7 Å². The summed E-state index contributed by atoms with van der Waals surface area (Å²) < 4.78 is 40.7. The third kappa shape index (κ3) is 6.54. The van der Waals surface area contributed by atoms with Gasteiger partial charge >= 0.3 is 11.9 Å². The summed E-state index contributed by atoms with van der Waals surface area (Å²) in [6.07, 6.45) is -2.99. The Hall–Kier alpha value is -5.10. The zero-order chi connectivity index (χ0) is 30.9. The van der Waals surface area contributed by atoms with E-state index < -0.39 is 23.3 Å². The van der Waals surface area contributed by atoms with Crippen molar-refractivity contribution in [3.8, 4) is 5.69 Å². The Morgan fingerprint density at radius 2 is 1.72 bits per heavy atom. The maximum Gasteiger partial charge on any atom is 0.416 e. The van der Waals surface area contributed by atoms with Crippen LogP contribution in [0.2, 0.25) is 0 Å². The number of alkyl halides is 3. The van der Waals surface area contributed by atoms with Gasteiger partial charge in [-0.25, -0.2) is 9.78 Å². The number of amides is 1. The normalized spacial score (nSPS) is 11.6. The van der Waals surface area contributed by atoms with Crippen LogP contribution in [0.15, 0.2) is 77.7 Å². The van der Waals surface area contributed by atoms with E-state index in [2.05, 4.69) is 30.5 Å². The van der Waals surface area contributed by atoms with Crippen LogP contribution in [0.3, 0.4) is 0 Å². The van der Waals surface area contributed by atoms with Crippen molar-refractivity contribution in [3.63, 3.8) is 0 Å². The smallest absolute Gasteiger partial charge is 0.324 e. The van der Waals surface area contributed by atoms with Crippen molar-refractivity contribution in [1.29, 1.82) is 0 Å². The lowest BCUT2D eigenvalue weighted by atomic mass is 10.1. The molecule has 0 radical (unpaired) electrons. The quantitative estimate of drug-likeness (QED) is 0.245. The van der Waals surface area contributed by atoms with E-state index in [1.54, 1.807) is 38.2 Å². The number of carbonyl (C=O) groups excluding carboxylic acids is 1. The predicted octanol–water partition coefficient (Wildman–Crippen LogP) is 5.87. The second kappa shape index (κ2) is 11.6. The van der Waals surface area contributed by atoms with E-state index >= 15 is 0 Å². The fourth-order valence-electron chi connectivity index (χ4n) is 4.67. The minimum atomic E-state index is -4.58. The van der Waals surface area contributed by atoms with Gasteiger partial charge in [0, 0.05) is 35.4 Å². The molecule has 3 aromatic carbocycles. The van der Waals surface area contributed by atoms with Crippen molar-refractivity contribution in [2.45, 2.75) is 26.6 Å². The van der Waals surface area contributed by atoms with Crippen LogP contribution in [0.5, 0.6) is 0 Å². The van der Waals surface area contributed by atoms with Crippen molar-refractivity contribution >= 4 is 34.3 Å². The summed E-state index contributed by atoms with van der Waals surface area (Å²) in [7, 11) is 3.98. The highest BCUT2D eigenvalue weighted by atomic mass is 19.4. The van der Waals surface area contributed by atoms with Crippen molar-refractivity contribution in [1.82, 2.24) is 24.4 Å². The van der Waals surface area contributed by atoms with Crippen LogP contribution < -0.4 is 16.3 Å². The van der Waals surface area contributed by atoms with Gasteiger partial charge in [0.15, 0.2) is 5.65 Å². The number of hydrogen-bond donors (Lipinski definition) is 2. The topological polar surface area (TPSA) is 105 Å². The zero-order valence-electron chi connectivity index (χ0n) is 23.8. The molecule has 0 bridgehead atoms. The number of carbonyl (C=O) groups is 1. The first-order chi connectivity index (χ1) is 20.4. The summed E-state index contributed by atoms with van der Waals surface area (Å²) in [6.45, 7) is 4.29. The molecule has 2 N–H and O–H groups in total. The standard InChI is InChI=1S/C31H28F3N7O2/c1-18-11-12-24(36-28(42)21-8-6-9-22(14-21)31(32,33)34)15-26(18)41-19(2)25-16-35-29(38-27(25)39-30(41)43)37-23-10-5-7-20(13-23)17-40(3)4/h5-16H,17H2,1-4H3,(H,36,42)(H,37,38,39,43). The number of hydrogen-bond acceptors (Lipinski definition) is 7. The van der Waals surface area contributed by atoms with Crippen molar-refractivity contribution in [2.75, 3.05) is 24.7 Å².